The van der Waals surface area contributed by atoms with Gasteiger partial charge in [-0.2, -0.15) is 0 Å². The summed E-state index contributed by atoms with van der Waals surface area (Å²) in [7, 11) is -1.94. The average Bonchev–Trinajstić information content (AvgIpc) is 2.68. The lowest BCUT2D eigenvalue weighted by molar-refractivity contribution is 0.479. The Morgan fingerprint density at radius 2 is 1.57 bits per heavy atom. The van der Waals surface area contributed by atoms with Crippen LogP contribution in [0.15, 0.2) is 24.4 Å². The maximum atomic E-state index is 6.95. The van der Waals surface area contributed by atoms with Gasteiger partial charge >= 0.3 is 0 Å². The lowest BCUT2D eigenvalue weighted by Crippen LogP contribution is -2.50. The Labute approximate surface area is 184 Å². The van der Waals surface area contributed by atoms with Gasteiger partial charge in [-0.05, 0) is 89.7 Å². The third-order valence-electron chi connectivity index (χ3n) is 6.99. The van der Waals surface area contributed by atoms with Crippen molar-refractivity contribution in [3.8, 4) is 5.75 Å². The number of anilines is 1. The van der Waals surface area contributed by atoms with E-state index in [0.29, 0.717) is 16.6 Å². The largest absolute Gasteiger partial charge is 0.543 e. The Balaban J connectivity index is 1.88. The number of fused-ring (bicyclic) bond motifs is 1. The molecular formula is C26H40N2OSi. The van der Waals surface area contributed by atoms with Gasteiger partial charge in [0.2, 0.25) is 0 Å². The number of rotatable bonds is 7. The Morgan fingerprint density at radius 1 is 0.967 bits per heavy atom. The molecule has 1 aromatic heterocycles. The molecule has 164 valence electrons. The molecule has 0 amide bonds. The molecule has 0 unspecified atom stereocenters. The van der Waals surface area contributed by atoms with Gasteiger partial charge in [0.15, 0.2) is 0 Å². The third-order valence-corrected chi connectivity index (χ3v) is 13.0. The van der Waals surface area contributed by atoms with Crippen molar-refractivity contribution in [1.29, 1.82) is 0 Å². The van der Waals surface area contributed by atoms with Crippen LogP contribution in [0.4, 0.5) is 5.82 Å². The van der Waals surface area contributed by atoms with Crippen molar-refractivity contribution >= 4 is 14.1 Å². The lowest BCUT2D eigenvalue weighted by atomic mass is 9.95. The van der Waals surface area contributed by atoms with Gasteiger partial charge in [0.25, 0.3) is 8.32 Å². The number of hydrogen-bond acceptors (Lipinski definition) is 3. The van der Waals surface area contributed by atoms with Crippen LogP contribution in [0.25, 0.3) is 0 Å². The number of nitrogens with one attached hydrogen (secondary N) is 1. The fourth-order valence-corrected chi connectivity index (χ4v) is 10.8. The summed E-state index contributed by atoms with van der Waals surface area (Å²) in [5.74, 6) is 2.13. The molecule has 1 aliphatic heterocycles. The molecule has 0 radical (unpaired) electrons. The summed E-state index contributed by atoms with van der Waals surface area (Å²) in [6.45, 7) is 19.6. The van der Waals surface area contributed by atoms with Crippen LogP contribution in [0.3, 0.4) is 0 Å². The van der Waals surface area contributed by atoms with E-state index in [0.717, 1.165) is 31.0 Å². The Morgan fingerprint density at radius 3 is 2.13 bits per heavy atom. The molecule has 4 heteroatoms. The second-order valence-corrected chi connectivity index (χ2v) is 15.4. The Bertz CT molecular complexity index is 844. The van der Waals surface area contributed by atoms with Crippen LogP contribution in [0.1, 0.15) is 75.8 Å². The van der Waals surface area contributed by atoms with Gasteiger partial charge in [0.05, 0.1) is 0 Å². The highest BCUT2D eigenvalue weighted by Crippen LogP contribution is 2.43. The summed E-state index contributed by atoms with van der Waals surface area (Å²) in [6, 6.07) is 6.88. The highest BCUT2D eigenvalue weighted by molar-refractivity contribution is 6.78. The zero-order valence-corrected chi connectivity index (χ0v) is 21.2. The maximum Gasteiger partial charge on any atom is 0.258 e. The van der Waals surface area contributed by atoms with Crippen molar-refractivity contribution in [2.45, 2.75) is 91.3 Å². The summed E-state index contributed by atoms with van der Waals surface area (Å²) in [4.78, 5) is 4.67. The molecule has 1 aromatic carbocycles. The van der Waals surface area contributed by atoms with E-state index in [4.69, 9.17) is 4.43 Å². The first-order chi connectivity index (χ1) is 14.1. The molecule has 1 N–H and O–H groups in total. The van der Waals surface area contributed by atoms with E-state index in [2.05, 4.69) is 83.9 Å². The second-order valence-electron chi connectivity index (χ2n) is 10.0. The smallest absolute Gasteiger partial charge is 0.258 e. The van der Waals surface area contributed by atoms with Gasteiger partial charge in [0, 0.05) is 12.7 Å². The second kappa shape index (κ2) is 9.13. The summed E-state index contributed by atoms with van der Waals surface area (Å²) < 4.78 is 6.95. The average molecular weight is 425 g/mol. The van der Waals surface area contributed by atoms with E-state index in [1.807, 2.05) is 6.20 Å². The molecule has 1 aliphatic rings. The zero-order chi connectivity index (χ0) is 22.1. The van der Waals surface area contributed by atoms with E-state index in [1.165, 1.54) is 34.2 Å². The first-order valence-corrected chi connectivity index (χ1v) is 13.8. The first-order valence-electron chi connectivity index (χ1n) is 11.7. The molecule has 2 heterocycles. The quantitative estimate of drug-likeness (QED) is 0.477. The van der Waals surface area contributed by atoms with Gasteiger partial charge in [-0.15, -0.1) is 0 Å². The van der Waals surface area contributed by atoms with E-state index < -0.39 is 8.32 Å². The molecule has 0 saturated carbocycles. The number of aryl methyl sites for hydroxylation is 3. The van der Waals surface area contributed by atoms with Crippen molar-refractivity contribution in [2.75, 3.05) is 11.9 Å². The summed E-state index contributed by atoms with van der Waals surface area (Å²) in [5.41, 5.74) is 8.43. The third kappa shape index (κ3) is 4.44. The van der Waals surface area contributed by atoms with Gasteiger partial charge < -0.3 is 9.74 Å². The number of pyridine rings is 1. The molecule has 0 aliphatic carbocycles. The molecule has 0 bridgehead atoms. The van der Waals surface area contributed by atoms with Crippen LogP contribution in [0.5, 0.6) is 5.75 Å². The Kier molecular flexibility index (Phi) is 6.96. The van der Waals surface area contributed by atoms with Crippen LogP contribution in [0.2, 0.25) is 16.6 Å². The van der Waals surface area contributed by atoms with Crippen LogP contribution >= 0.6 is 0 Å². The topological polar surface area (TPSA) is 34.1 Å². The first kappa shape index (κ1) is 22.9. The molecule has 0 saturated heterocycles. The molecule has 3 rings (SSSR count). The van der Waals surface area contributed by atoms with Crippen LogP contribution in [0, 0.1) is 13.8 Å². The number of nitrogens with zero attached hydrogens (tertiary/aromatic N) is 1. The summed E-state index contributed by atoms with van der Waals surface area (Å²) in [6.07, 6.45) is 5.28. The van der Waals surface area contributed by atoms with Crippen molar-refractivity contribution in [1.82, 2.24) is 4.98 Å². The van der Waals surface area contributed by atoms with Crippen LogP contribution < -0.4 is 9.74 Å². The molecule has 0 atom stereocenters. The SMILES string of the molecule is Cc1cc(O[Si](C(C)C)(C(C)C)C(C)C)cc(C)c1Cc1cnc2c(c1)CCCN2. The highest BCUT2D eigenvalue weighted by Gasteiger charge is 2.47. The fraction of sp³-hybridized carbons (Fsp3) is 0.577. The standard InChI is InChI=1S/C26H40N2OSi/c1-17(2)30(18(3)4,19(5)6)29-24-12-20(7)25(21(8)13-24)15-22-14-23-10-9-11-27-26(23)28-16-22/h12-14,16-19H,9-11,15H2,1-8H3,(H,27,28). The fourth-order valence-electron chi connectivity index (χ4n) is 5.55. The minimum Gasteiger partial charge on any atom is -0.543 e. The maximum absolute atomic E-state index is 6.95. The number of aromatic nitrogens is 1. The number of benzene rings is 1. The van der Waals surface area contributed by atoms with E-state index in [9.17, 15) is 0 Å². The Hall–Kier alpha value is -1.81. The lowest BCUT2D eigenvalue weighted by Gasteiger charge is -2.42. The van der Waals surface area contributed by atoms with Gasteiger partial charge in [-0.1, -0.05) is 47.6 Å². The van der Waals surface area contributed by atoms with Gasteiger partial charge in [0.1, 0.15) is 11.6 Å². The molecular weight excluding hydrogens is 384 g/mol. The monoisotopic (exact) mass is 424 g/mol. The molecule has 0 spiro atoms. The van der Waals surface area contributed by atoms with E-state index in [-0.39, 0.29) is 0 Å². The summed E-state index contributed by atoms with van der Waals surface area (Å²) in [5, 5.41) is 3.41. The van der Waals surface area contributed by atoms with Crippen molar-refractivity contribution in [2.24, 2.45) is 0 Å². The zero-order valence-electron chi connectivity index (χ0n) is 20.2. The minimum absolute atomic E-state index is 0.577. The minimum atomic E-state index is -1.94. The predicted molar refractivity (Wildman–Crippen MR) is 131 cm³/mol. The number of hydrogen-bond donors (Lipinski definition) is 1. The summed E-state index contributed by atoms with van der Waals surface area (Å²) >= 11 is 0. The van der Waals surface area contributed by atoms with E-state index in [1.54, 1.807) is 0 Å². The molecule has 30 heavy (non-hydrogen) atoms. The molecule has 0 fully saturated rings. The van der Waals surface area contributed by atoms with Gasteiger partial charge in [-0.3, -0.25) is 0 Å². The van der Waals surface area contributed by atoms with Crippen molar-refractivity contribution in [3.63, 3.8) is 0 Å². The van der Waals surface area contributed by atoms with Crippen LogP contribution in [-0.4, -0.2) is 19.8 Å². The normalized spacial score (nSPS) is 14.2. The van der Waals surface area contributed by atoms with Crippen LogP contribution in [-0.2, 0) is 12.8 Å². The highest BCUT2D eigenvalue weighted by atomic mass is 28.4. The van der Waals surface area contributed by atoms with E-state index >= 15 is 0 Å². The van der Waals surface area contributed by atoms with Crippen molar-refractivity contribution < 1.29 is 4.43 Å². The molecule has 3 nitrogen and oxygen atoms in total. The van der Waals surface area contributed by atoms with Crippen molar-refractivity contribution in [3.05, 3.63) is 52.2 Å². The molecule has 2 aromatic rings. The predicted octanol–water partition coefficient (Wildman–Crippen LogP) is 7.20. The van der Waals surface area contributed by atoms with Gasteiger partial charge in [-0.25, -0.2) is 4.98 Å².